The summed E-state index contributed by atoms with van der Waals surface area (Å²) in [6.45, 7) is 4.19. The van der Waals surface area contributed by atoms with Crippen LogP contribution in [0, 0.1) is 0 Å². The van der Waals surface area contributed by atoms with Crippen molar-refractivity contribution in [3.63, 3.8) is 0 Å². The van der Waals surface area contributed by atoms with Gasteiger partial charge in [-0.25, -0.2) is 0 Å². The highest BCUT2D eigenvalue weighted by atomic mass is 79.9. The van der Waals surface area contributed by atoms with Gasteiger partial charge in [0, 0.05) is 0 Å². The Balaban J connectivity index is 2.74. The van der Waals surface area contributed by atoms with Crippen molar-refractivity contribution in [2.75, 3.05) is 6.61 Å². The number of hydrogen-bond donors (Lipinski definition) is 0. The first-order valence-electron chi connectivity index (χ1n) is 3.76. The number of rotatable bonds is 4. The fourth-order valence-electron chi connectivity index (χ4n) is 0.904. The maximum Gasteiger partial charge on any atom is 0.512 e. The first-order valence-corrected chi connectivity index (χ1v) is 8.36. The highest BCUT2D eigenvalue weighted by Gasteiger charge is 2.01. The molecule has 0 aliphatic heterocycles. The molecule has 12 heavy (non-hydrogen) atoms. The van der Waals surface area contributed by atoms with Crippen molar-refractivity contribution in [1.82, 2.24) is 0 Å². The normalized spacial score (nSPS) is 8.75. The van der Waals surface area contributed by atoms with Crippen molar-refractivity contribution in [3.05, 3.63) is 36.9 Å². The topological polar surface area (TPSA) is 9.23 Å². The van der Waals surface area contributed by atoms with Crippen LogP contribution in [0.2, 0.25) is 0 Å². The molecule has 0 aliphatic carbocycles. The van der Waals surface area contributed by atoms with E-state index in [9.17, 15) is 0 Å². The van der Waals surface area contributed by atoms with Crippen LogP contribution in [0.1, 0.15) is 0 Å². The number of hydrogen-bond acceptors (Lipinski definition) is 1. The minimum Gasteiger partial charge on any atom is -0.492 e. The maximum absolute atomic E-state index is 5.46. The third-order valence-corrected chi connectivity index (χ3v) is 4.16. The number of halogens is 1. The Morgan fingerprint density at radius 2 is 2.25 bits per heavy atom. The zero-order chi connectivity index (χ0) is 8.81. The summed E-state index contributed by atoms with van der Waals surface area (Å²) in [5, 5.41) is 0. The van der Waals surface area contributed by atoms with Crippen molar-refractivity contribution in [2.24, 2.45) is 0 Å². The molecular weight excluding hydrogens is 228 g/mol. The lowest BCUT2D eigenvalue weighted by atomic mass is 10.3. The van der Waals surface area contributed by atoms with E-state index in [0.717, 1.165) is 5.75 Å². The summed E-state index contributed by atoms with van der Waals surface area (Å²) < 4.78 is 6.77. The molecule has 0 atom stereocenters. The Bertz CT molecular complexity index is 262. The zero-order valence-corrected chi connectivity index (χ0v) is 9.79. The Morgan fingerprint density at radius 1 is 1.50 bits per heavy atom. The summed E-state index contributed by atoms with van der Waals surface area (Å²) in [4.78, 5) is 0. The second-order valence-electron chi connectivity index (χ2n) is 2.34. The molecule has 0 amide bonds. The quantitative estimate of drug-likeness (QED) is 0.574. The third-order valence-electron chi connectivity index (χ3n) is 1.47. The molecule has 0 fully saturated rings. The summed E-state index contributed by atoms with van der Waals surface area (Å²) >= 11 is 3.22. The van der Waals surface area contributed by atoms with E-state index in [1.165, 1.54) is 3.69 Å². The highest BCUT2D eigenvalue weighted by Crippen LogP contribution is 2.06. The molecule has 0 aromatic heterocycles. The minimum absolute atomic E-state index is 0.312. The van der Waals surface area contributed by atoms with E-state index in [2.05, 4.69) is 25.5 Å². The second-order valence-corrected chi connectivity index (χ2v) is 5.05. The fourth-order valence-corrected chi connectivity index (χ4v) is 2.87. The van der Waals surface area contributed by atoms with E-state index in [-0.39, 0.29) is 18.2 Å². The molecule has 0 unspecified atom stereocenters. The Morgan fingerprint density at radius 3 is 2.92 bits per heavy atom. The van der Waals surface area contributed by atoms with Crippen molar-refractivity contribution in [3.8, 4) is 5.75 Å². The Kier molecular flexibility index (Phi) is 4.72. The van der Waals surface area contributed by atoms with Gasteiger partial charge in [0.1, 0.15) is 6.61 Å². The fraction of sp³-hybridized carbons (Fsp3) is 0.111. The largest absolute Gasteiger partial charge is 0.512 e. The van der Waals surface area contributed by atoms with Gasteiger partial charge in [-0.2, -0.15) is 0 Å². The number of benzene rings is 1. The smallest absolute Gasteiger partial charge is 0.492 e. The van der Waals surface area contributed by atoms with Gasteiger partial charge in [0.2, 0.25) is 0 Å². The van der Waals surface area contributed by atoms with E-state index >= 15 is 0 Å². The van der Waals surface area contributed by atoms with Gasteiger partial charge in [-0.15, -0.1) is 3.69 Å². The molecule has 0 saturated carbocycles. The summed E-state index contributed by atoms with van der Waals surface area (Å²) in [6.07, 6.45) is 1.76. The van der Waals surface area contributed by atoms with Crippen LogP contribution >= 0.6 is 12.9 Å². The third kappa shape index (κ3) is 2.81. The molecule has 0 aliphatic rings. The molecule has 3 heteroatoms. The maximum atomic E-state index is 5.46. The predicted octanol–water partition coefficient (Wildman–Crippen LogP) is 1.89. The Labute approximate surface area is 88.4 Å². The SMILES string of the molecule is C=CCOc1cccc[c]1[Mg][Br]. The molecule has 0 saturated heterocycles. The van der Waals surface area contributed by atoms with Gasteiger partial charge in [-0.1, -0.05) is 30.9 Å². The lowest BCUT2D eigenvalue weighted by Gasteiger charge is -2.07. The standard InChI is InChI=1S/C9H9O.BrH.Mg/c1-2-8-10-9-6-4-3-5-7-9;;/h2-6H,1,8H2;1H;/q;;+1/p-1. The molecule has 60 valence electrons. The van der Waals surface area contributed by atoms with Gasteiger partial charge < -0.3 is 4.74 Å². The van der Waals surface area contributed by atoms with Crippen LogP contribution in [0.3, 0.4) is 0 Å². The molecule has 1 rings (SSSR count). The van der Waals surface area contributed by atoms with Gasteiger partial charge >= 0.3 is 18.2 Å². The van der Waals surface area contributed by atoms with Crippen molar-refractivity contribution in [1.29, 1.82) is 0 Å². The van der Waals surface area contributed by atoms with Crippen LogP contribution in [-0.2, 0) is 0 Å². The summed E-state index contributed by atoms with van der Waals surface area (Å²) in [5.74, 6) is 0.987. The van der Waals surface area contributed by atoms with Crippen LogP contribution in [0.5, 0.6) is 5.75 Å². The van der Waals surface area contributed by atoms with Crippen LogP contribution in [0.25, 0.3) is 0 Å². The Hall–Kier alpha value is 0.00623. The van der Waals surface area contributed by atoms with Crippen LogP contribution in [-0.4, -0.2) is 24.8 Å². The lowest BCUT2D eigenvalue weighted by Crippen LogP contribution is -2.12. The number of ether oxygens (including phenoxy) is 1. The monoisotopic (exact) mass is 236 g/mol. The molecule has 0 radical (unpaired) electrons. The molecule has 0 spiro atoms. The van der Waals surface area contributed by atoms with Crippen LogP contribution in [0.4, 0.5) is 0 Å². The van der Waals surface area contributed by atoms with Crippen molar-refractivity contribution >= 4 is 34.8 Å². The van der Waals surface area contributed by atoms with Gasteiger partial charge in [0.05, 0.1) is 5.75 Å². The van der Waals surface area contributed by atoms with Crippen LogP contribution in [0.15, 0.2) is 36.9 Å². The van der Waals surface area contributed by atoms with Crippen molar-refractivity contribution in [2.45, 2.75) is 0 Å². The molecule has 1 aromatic carbocycles. The molecule has 1 aromatic rings. The zero-order valence-electron chi connectivity index (χ0n) is 6.79. The van der Waals surface area contributed by atoms with Gasteiger partial charge in [-0.05, 0) is 6.07 Å². The lowest BCUT2D eigenvalue weighted by molar-refractivity contribution is 0.366. The summed E-state index contributed by atoms with van der Waals surface area (Å²) in [5.41, 5.74) is 0. The van der Waals surface area contributed by atoms with Crippen LogP contribution < -0.4 is 8.43 Å². The van der Waals surface area contributed by atoms with E-state index in [4.69, 9.17) is 4.74 Å². The average Bonchev–Trinajstić information content (AvgIpc) is 2.15. The van der Waals surface area contributed by atoms with Gasteiger partial charge in [-0.3, -0.25) is 12.9 Å². The average molecular weight is 237 g/mol. The summed E-state index contributed by atoms with van der Waals surface area (Å²) in [7, 11) is 0. The molecule has 1 nitrogen and oxygen atoms in total. The molecule has 0 heterocycles. The predicted molar refractivity (Wildman–Crippen MR) is 56.4 cm³/mol. The second kappa shape index (κ2) is 5.62. The first-order chi connectivity index (χ1) is 5.88. The van der Waals surface area contributed by atoms with E-state index in [1.54, 1.807) is 6.08 Å². The highest BCUT2D eigenvalue weighted by molar-refractivity contribution is 9.23. The molecular formula is C9H9BrMgO. The van der Waals surface area contributed by atoms with E-state index in [0.29, 0.717) is 6.61 Å². The van der Waals surface area contributed by atoms with E-state index in [1.807, 2.05) is 18.2 Å². The van der Waals surface area contributed by atoms with Gasteiger partial charge in [0.25, 0.3) is 0 Å². The van der Waals surface area contributed by atoms with E-state index < -0.39 is 0 Å². The minimum atomic E-state index is -0.312. The first kappa shape index (κ1) is 10.1. The van der Waals surface area contributed by atoms with Crippen molar-refractivity contribution < 1.29 is 4.74 Å². The number of para-hydroxylation sites is 1. The molecule has 0 bridgehead atoms. The summed E-state index contributed by atoms with van der Waals surface area (Å²) in [6, 6.07) is 8.11. The molecule has 0 N–H and O–H groups in total. The van der Waals surface area contributed by atoms with Gasteiger partial charge in [0.15, 0.2) is 0 Å².